The first kappa shape index (κ1) is 16.8. The summed E-state index contributed by atoms with van der Waals surface area (Å²) in [6.07, 6.45) is 0. The molecule has 0 radical (unpaired) electrons. The quantitative estimate of drug-likeness (QED) is 0.344. The van der Waals surface area contributed by atoms with Crippen LogP contribution >= 0.6 is 0 Å². The third kappa shape index (κ3) is 3.13. The molecular weight excluding hydrogens is 339 g/mol. The van der Waals surface area contributed by atoms with Crippen molar-refractivity contribution < 1.29 is 26.7 Å². The summed E-state index contributed by atoms with van der Waals surface area (Å²) in [6, 6.07) is 7.23. The minimum atomic E-state index is -1.47. The molecule has 3 aromatic rings. The summed E-state index contributed by atoms with van der Waals surface area (Å²) >= 11 is 0. The molecule has 0 fully saturated rings. The van der Waals surface area contributed by atoms with Gasteiger partial charge in [-0.25, -0.2) is 17.6 Å². The van der Waals surface area contributed by atoms with E-state index in [-0.39, 0.29) is 0 Å². The van der Waals surface area contributed by atoms with Crippen molar-refractivity contribution in [2.75, 3.05) is 7.11 Å². The van der Waals surface area contributed by atoms with Crippen molar-refractivity contribution in [1.29, 1.82) is 0 Å². The van der Waals surface area contributed by atoms with Gasteiger partial charge in [0, 0.05) is 5.56 Å². The van der Waals surface area contributed by atoms with Gasteiger partial charge in [-0.2, -0.15) is 4.39 Å². The fourth-order valence-electron chi connectivity index (χ4n) is 2.32. The highest BCUT2D eigenvalue weighted by molar-refractivity contribution is 5.84. The molecule has 0 amide bonds. The number of rotatable bonds is 1. The molecule has 3 aromatic carbocycles. The third-order valence-corrected chi connectivity index (χ3v) is 3.54. The molecule has 0 atom stereocenters. The van der Waals surface area contributed by atoms with Crippen LogP contribution < -0.4 is 4.74 Å². The van der Waals surface area contributed by atoms with Crippen LogP contribution in [0.4, 0.5) is 22.0 Å². The predicted octanol–water partition coefficient (Wildman–Crippen LogP) is 4.94. The minimum absolute atomic E-state index is 0.342. The summed E-state index contributed by atoms with van der Waals surface area (Å²) in [5.41, 5.74) is -0.143. The summed E-state index contributed by atoms with van der Waals surface area (Å²) < 4.78 is 72.1. The fourth-order valence-corrected chi connectivity index (χ4v) is 2.32. The highest BCUT2D eigenvalue weighted by Crippen LogP contribution is 2.26. The molecule has 0 aliphatic heterocycles. The molecule has 3 rings (SSSR count). The Morgan fingerprint density at radius 3 is 2.08 bits per heavy atom. The Kier molecular flexibility index (Phi) is 4.32. The number of halogens is 5. The average Bonchev–Trinajstić information content (AvgIpc) is 2.58. The highest BCUT2D eigenvalue weighted by Gasteiger charge is 2.18. The number of methoxy groups -OCH3 is 1. The van der Waals surface area contributed by atoms with Crippen molar-refractivity contribution in [2.24, 2.45) is 0 Å². The molecule has 126 valence electrons. The first-order chi connectivity index (χ1) is 11.9. The molecule has 0 aliphatic carbocycles. The van der Waals surface area contributed by atoms with Crippen LogP contribution in [0.3, 0.4) is 0 Å². The molecule has 0 N–H and O–H groups in total. The second-order valence-corrected chi connectivity index (χ2v) is 5.15. The van der Waals surface area contributed by atoms with Crippen molar-refractivity contribution in [1.82, 2.24) is 0 Å². The molecule has 0 spiro atoms. The first-order valence-electron chi connectivity index (χ1n) is 7.03. The normalized spacial score (nSPS) is 10.5. The first-order valence-corrected chi connectivity index (χ1v) is 7.03. The van der Waals surface area contributed by atoms with E-state index in [0.29, 0.717) is 16.3 Å². The van der Waals surface area contributed by atoms with Crippen LogP contribution in [0.25, 0.3) is 10.8 Å². The summed E-state index contributed by atoms with van der Waals surface area (Å²) in [6.45, 7) is 0. The molecule has 0 heterocycles. The summed E-state index contributed by atoms with van der Waals surface area (Å²) in [4.78, 5) is 0. The molecule has 0 aromatic heterocycles. The minimum Gasteiger partial charge on any atom is -0.491 e. The van der Waals surface area contributed by atoms with Gasteiger partial charge in [0.25, 0.3) is 0 Å². The SMILES string of the molecule is COc1c(F)cc(C#Cc2ccc3cc(F)c(F)cc3c2)c(F)c1F. The maximum absolute atomic E-state index is 13.9. The Hall–Kier alpha value is -3.07. The lowest BCUT2D eigenvalue weighted by Crippen LogP contribution is -1.99. The van der Waals surface area contributed by atoms with Crippen molar-refractivity contribution in [3.8, 4) is 17.6 Å². The topological polar surface area (TPSA) is 9.23 Å². The van der Waals surface area contributed by atoms with Crippen molar-refractivity contribution in [2.45, 2.75) is 0 Å². The van der Waals surface area contributed by atoms with Gasteiger partial charge < -0.3 is 4.74 Å². The average molecular weight is 348 g/mol. The second kappa shape index (κ2) is 6.44. The zero-order chi connectivity index (χ0) is 18.1. The number of ether oxygens (including phenoxy) is 1. The maximum atomic E-state index is 13.9. The van der Waals surface area contributed by atoms with E-state index in [4.69, 9.17) is 0 Å². The van der Waals surface area contributed by atoms with E-state index in [9.17, 15) is 22.0 Å². The van der Waals surface area contributed by atoms with Gasteiger partial charge in [0.2, 0.25) is 5.82 Å². The van der Waals surface area contributed by atoms with E-state index in [2.05, 4.69) is 16.6 Å². The lowest BCUT2D eigenvalue weighted by molar-refractivity contribution is 0.346. The van der Waals surface area contributed by atoms with Crippen molar-refractivity contribution in [3.05, 3.63) is 76.6 Å². The van der Waals surface area contributed by atoms with Crippen LogP contribution in [0.2, 0.25) is 0 Å². The van der Waals surface area contributed by atoms with Crippen LogP contribution in [0, 0.1) is 40.9 Å². The lowest BCUT2D eigenvalue weighted by Gasteiger charge is -2.05. The third-order valence-electron chi connectivity index (χ3n) is 3.54. The molecule has 0 saturated carbocycles. The molecule has 6 heteroatoms. The largest absolute Gasteiger partial charge is 0.491 e. The van der Waals surface area contributed by atoms with Gasteiger partial charge in [-0.3, -0.25) is 0 Å². The van der Waals surface area contributed by atoms with E-state index >= 15 is 0 Å². The molecule has 0 bridgehead atoms. The zero-order valence-corrected chi connectivity index (χ0v) is 12.8. The van der Waals surface area contributed by atoms with E-state index in [0.717, 1.165) is 25.3 Å². The Morgan fingerprint density at radius 1 is 0.720 bits per heavy atom. The van der Waals surface area contributed by atoms with Gasteiger partial charge in [0.1, 0.15) is 0 Å². The van der Waals surface area contributed by atoms with Gasteiger partial charge in [-0.1, -0.05) is 17.9 Å². The summed E-state index contributed by atoms with van der Waals surface area (Å²) in [5, 5.41) is 0.843. The van der Waals surface area contributed by atoms with Gasteiger partial charge in [0.05, 0.1) is 12.7 Å². The van der Waals surface area contributed by atoms with Crippen LogP contribution in [-0.4, -0.2) is 7.11 Å². The van der Waals surface area contributed by atoms with Gasteiger partial charge in [0.15, 0.2) is 29.0 Å². The van der Waals surface area contributed by atoms with Crippen LogP contribution in [0.15, 0.2) is 36.4 Å². The maximum Gasteiger partial charge on any atom is 0.204 e. The number of fused-ring (bicyclic) bond motifs is 1. The van der Waals surface area contributed by atoms with Gasteiger partial charge >= 0.3 is 0 Å². The Balaban J connectivity index is 2.04. The fraction of sp³-hybridized carbons (Fsp3) is 0.0526. The monoisotopic (exact) mass is 348 g/mol. The number of hydrogen-bond acceptors (Lipinski definition) is 1. The van der Waals surface area contributed by atoms with E-state index < -0.39 is 40.4 Å². The number of benzene rings is 3. The van der Waals surface area contributed by atoms with E-state index in [1.807, 2.05) is 0 Å². The summed E-state index contributed by atoms with van der Waals surface area (Å²) in [5.74, 6) is -1.83. The van der Waals surface area contributed by atoms with Gasteiger partial charge in [-0.05, 0) is 41.1 Å². The zero-order valence-electron chi connectivity index (χ0n) is 12.8. The molecule has 25 heavy (non-hydrogen) atoms. The van der Waals surface area contributed by atoms with Crippen molar-refractivity contribution in [3.63, 3.8) is 0 Å². The van der Waals surface area contributed by atoms with Crippen LogP contribution in [0.1, 0.15) is 11.1 Å². The molecule has 1 nitrogen and oxygen atoms in total. The Labute approximate surface area is 139 Å². The lowest BCUT2D eigenvalue weighted by atomic mass is 10.1. The Bertz CT molecular complexity index is 1050. The number of hydrogen-bond donors (Lipinski definition) is 0. The van der Waals surface area contributed by atoms with Crippen molar-refractivity contribution >= 4 is 10.8 Å². The smallest absolute Gasteiger partial charge is 0.204 e. The van der Waals surface area contributed by atoms with Crippen LogP contribution in [-0.2, 0) is 0 Å². The van der Waals surface area contributed by atoms with E-state index in [1.165, 1.54) is 18.2 Å². The van der Waals surface area contributed by atoms with Gasteiger partial charge in [-0.15, -0.1) is 0 Å². The van der Waals surface area contributed by atoms with Crippen LogP contribution in [0.5, 0.6) is 5.75 Å². The molecule has 0 aliphatic rings. The van der Waals surface area contributed by atoms with E-state index in [1.54, 1.807) is 0 Å². The standard InChI is InChI=1S/C19H9F5O/c1-25-19-16(22)8-12(17(23)18(19)24)5-3-10-2-4-11-7-14(20)15(21)9-13(11)6-10/h2,4,6-9H,1H3. The second-order valence-electron chi connectivity index (χ2n) is 5.15. The molecule has 0 saturated heterocycles. The summed E-state index contributed by atoms with van der Waals surface area (Å²) in [7, 11) is 1.02. The molecular formula is C19H9F5O. The highest BCUT2D eigenvalue weighted by atomic mass is 19.2. The Morgan fingerprint density at radius 2 is 1.40 bits per heavy atom. The predicted molar refractivity (Wildman–Crippen MR) is 82.7 cm³/mol. The molecule has 0 unspecified atom stereocenters.